The quantitative estimate of drug-likeness (QED) is 0.828. The van der Waals surface area contributed by atoms with Crippen LogP contribution in [0.1, 0.15) is 16.8 Å². The van der Waals surface area contributed by atoms with E-state index in [4.69, 9.17) is 10.00 Å². The fraction of sp³-hybridized carbons (Fsp3) is 0.143. The van der Waals surface area contributed by atoms with Gasteiger partial charge >= 0.3 is 0 Å². The molecule has 0 saturated carbocycles. The van der Waals surface area contributed by atoms with E-state index in [9.17, 15) is 8.78 Å². The summed E-state index contributed by atoms with van der Waals surface area (Å²) < 4.78 is 31.8. The van der Waals surface area contributed by atoms with Gasteiger partial charge in [0.2, 0.25) is 5.88 Å². The van der Waals surface area contributed by atoms with Crippen LogP contribution >= 0.6 is 0 Å². The highest BCUT2D eigenvalue weighted by atomic mass is 19.1. The second kappa shape index (κ2) is 5.02. The number of ether oxygens (including phenoxy) is 1. The van der Waals surface area contributed by atoms with Gasteiger partial charge in [-0.3, -0.25) is 0 Å². The zero-order chi connectivity index (χ0) is 14.0. The van der Waals surface area contributed by atoms with E-state index in [1.54, 1.807) is 19.9 Å². The van der Waals surface area contributed by atoms with Crippen molar-refractivity contribution in [2.45, 2.75) is 13.8 Å². The van der Waals surface area contributed by atoms with Crippen LogP contribution in [0.2, 0.25) is 0 Å². The molecule has 96 valence electrons. The molecule has 1 aromatic carbocycles. The maximum absolute atomic E-state index is 13.5. The molecule has 0 atom stereocenters. The van der Waals surface area contributed by atoms with Gasteiger partial charge in [-0.1, -0.05) is 0 Å². The van der Waals surface area contributed by atoms with Crippen LogP contribution < -0.4 is 4.74 Å². The number of aryl methyl sites for hydroxylation is 2. The standard InChI is InChI=1S/C14H10F2N2O/c1-8-5-9(2)18-14(11(8)7-17)19-13-6-10(15)3-4-12(13)16/h3-6H,1-2H3. The van der Waals surface area contributed by atoms with Gasteiger partial charge in [-0.25, -0.2) is 13.8 Å². The van der Waals surface area contributed by atoms with Crippen LogP contribution in [-0.2, 0) is 0 Å². The van der Waals surface area contributed by atoms with E-state index >= 15 is 0 Å². The third-order valence-electron chi connectivity index (χ3n) is 2.52. The minimum absolute atomic E-state index is 0.0236. The predicted octanol–water partition coefficient (Wildman–Crippen LogP) is 3.64. The third kappa shape index (κ3) is 2.68. The minimum atomic E-state index is -0.716. The zero-order valence-electron chi connectivity index (χ0n) is 10.4. The van der Waals surface area contributed by atoms with Gasteiger partial charge in [-0.15, -0.1) is 0 Å². The van der Waals surface area contributed by atoms with Crippen molar-refractivity contribution >= 4 is 0 Å². The average molecular weight is 260 g/mol. The van der Waals surface area contributed by atoms with Gasteiger partial charge in [-0.05, 0) is 37.6 Å². The Morgan fingerprint density at radius 3 is 2.63 bits per heavy atom. The molecular weight excluding hydrogens is 250 g/mol. The highest BCUT2D eigenvalue weighted by Gasteiger charge is 2.13. The molecule has 0 fully saturated rings. The van der Waals surface area contributed by atoms with Crippen LogP contribution in [0, 0.1) is 36.8 Å². The van der Waals surface area contributed by atoms with E-state index in [0.29, 0.717) is 11.3 Å². The van der Waals surface area contributed by atoms with Crippen molar-refractivity contribution in [3.05, 3.63) is 52.7 Å². The molecule has 2 rings (SSSR count). The summed E-state index contributed by atoms with van der Waals surface area (Å²) in [4.78, 5) is 4.04. The molecule has 2 aromatic rings. The van der Waals surface area contributed by atoms with Crippen molar-refractivity contribution in [3.63, 3.8) is 0 Å². The second-order valence-corrected chi connectivity index (χ2v) is 4.05. The summed E-state index contributed by atoms with van der Waals surface area (Å²) in [6.07, 6.45) is 0. The maximum Gasteiger partial charge on any atom is 0.237 e. The molecular formula is C14H10F2N2O. The number of pyridine rings is 1. The molecule has 0 unspecified atom stereocenters. The molecule has 1 aromatic heterocycles. The van der Waals surface area contributed by atoms with Crippen LogP contribution in [0.3, 0.4) is 0 Å². The highest BCUT2D eigenvalue weighted by Crippen LogP contribution is 2.28. The van der Waals surface area contributed by atoms with Crippen LogP contribution in [-0.4, -0.2) is 4.98 Å². The summed E-state index contributed by atoms with van der Waals surface area (Å²) in [6, 6.07) is 6.52. The Kier molecular flexibility index (Phi) is 3.43. The van der Waals surface area contributed by atoms with Gasteiger partial charge in [0.15, 0.2) is 11.6 Å². The molecule has 0 saturated heterocycles. The molecule has 19 heavy (non-hydrogen) atoms. The molecule has 0 amide bonds. The van der Waals surface area contributed by atoms with Crippen molar-refractivity contribution in [2.24, 2.45) is 0 Å². The smallest absolute Gasteiger partial charge is 0.237 e. The molecule has 3 nitrogen and oxygen atoms in total. The fourth-order valence-corrected chi connectivity index (χ4v) is 1.67. The lowest BCUT2D eigenvalue weighted by molar-refractivity contribution is 0.420. The first-order chi connectivity index (χ1) is 9.01. The Morgan fingerprint density at radius 2 is 1.95 bits per heavy atom. The Morgan fingerprint density at radius 1 is 1.21 bits per heavy atom. The van der Waals surface area contributed by atoms with Crippen LogP contribution in [0.15, 0.2) is 24.3 Å². The lowest BCUT2D eigenvalue weighted by Gasteiger charge is -2.09. The van der Waals surface area contributed by atoms with Crippen molar-refractivity contribution < 1.29 is 13.5 Å². The minimum Gasteiger partial charge on any atom is -0.434 e. The Bertz CT molecular complexity index is 678. The molecule has 0 bridgehead atoms. The molecule has 0 radical (unpaired) electrons. The van der Waals surface area contributed by atoms with Gasteiger partial charge < -0.3 is 4.74 Å². The first-order valence-corrected chi connectivity index (χ1v) is 5.52. The van der Waals surface area contributed by atoms with Crippen molar-refractivity contribution in [1.82, 2.24) is 4.98 Å². The zero-order valence-corrected chi connectivity index (χ0v) is 10.4. The van der Waals surface area contributed by atoms with Crippen molar-refractivity contribution in [1.29, 1.82) is 5.26 Å². The van der Waals surface area contributed by atoms with Gasteiger partial charge in [0.25, 0.3) is 0 Å². The molecule has 0 spiro atoms. The van der Waals surface area contributed by atoms with Gasteiger partial charge in [0.05, 0.1) is 0 Å². The lowest BCUT2D eigenvalue weighted by Crippen LogP contribution is -1.98. The van der Waals surface area contributed by atoms with Crippen molar-refractivity contribution in [2.75, 3.05) is 0 Å². The summed E-state index contributed by atoms with van der Waals surface area (Å²) in [5.41, 5.74) is 1.50. The highest BCUT2D eigenvalue weighted by molar-refractivity contribution is 5.47. The SMILES string of the molecule is Cc1cc(C)c(C#N)c(Oc2cc(F)ccc2F)n1. The summed E-state index contributed by atoms with van der Waals surface area (Å²) in [5.74, 6) is -1.66. The Labute approximate surface area is 109 Å². The maximum atomic E-state index is 13.5. The Balaban J connectivity index is 2.49. The van der Waals surface area contributed by atoms with E-state index < -0.39 is 11.6 Å². The van der Waals surface area contributed by atoms with Gasteiger partial charge in [-0.2, -0.15) is 5.26 Å². The van der Waals surface area contributed by atoms with E-state index in [0.717, 1.165) is 18.2 Å². The number of hydrogen-bond donors (Lipinski definition) is 0. The number of nitrogens with zero attached hydrogens (tertiary/aromatic N) is 2. The molecule has 0 aliphatic rings. The van der Waals surface area contributed by atoms with E-state index in [1.807, 2.05) is 6.07 Å². The van der Waals surface area contributed by atoms with E-state index in [2.05, 4.69) is 4.98 Å². The molecule has 1 heterocycles. The summed E-state index contributed by atoms with van der Waals surface area (Å²) in [7, 11) is 0. The predicted molar refractivity (Wildman–Crippen MR) is 64.9 cm³/mol. The molecule has 5 heteroatoms. The lowest BCUT2D eigenvalue weighted by atomic mass is 10.1. The molecule has 0 aliphatic carbocycles. The first kappa shape index (κ1) is 13.0. The van der Waals surface area contributed by atoms with Gasteiger partial charge in [0.1, 0.15) is 17.4 Å². The summed E-state index contributed by atoms with van der Waals surface area (Å²) in [6.45, 7) is 3.45. The monoisotopic (exact) mass is 260 g/mol. The van der Waals surface area contributed by atoms with Crippen LogP contribution in [0.4, 0.5) is 8.78 Å². The Hall–Kier alpha value is -2.48. The van der Waals surface area contributed by atoms with E-state index in [-0.39, 0.29) is 17.2 Å². The fourth-order valence-electron chi connectivity index (χ4n) is 1.67. The molecule has 0 aliphatic heterocycles. The largest absolute Gasteiger partial charge is 0.434 e. The second-order valence-electron chi connectivity index (χ2n) is 4.05. The first-order valence-electron chi connectivity index (χ1n) is 5.52. The number of halogens is 2. The summed E-state index contributed by atoms with van der Waals surface area (Å²) >= 11 is 0. The third-order valence-corrected chi connectivity index (χ3v) is 2.52. The van der Waals surface area contributed by atoms with Crippen LogP contribution in [0.25, 0.3) is 0 Å². The number of benzene rings is 1. The number of nitriles is 1. The average Bonchev–Trinajstić information content (AvgIpc) is 2.33. The normalized spacial score (nSPS) is 10.1. The van der Waals surface area contributed by atoms with Gasteiger partial charge in [0, 0.05) is 11.8 Å². The van der Waals surface area contributed by atoms with Crippen LogP contribution in [0.5, 0.6) is 11.6 Å². The number of aromatic nitrogens is 1. The number of rotatable bonds is 2. The topological polar surface area (TPSA) is 45.9 Å². The van der Waals surface area contributed by atoms with E-state index in [1.165, 1.54) is 0 Å². The summed E-state index contributed by atoms with van der Waals surface area (Å²) in [5, 5.41) is 9.05. The number of hydrogen-bond acceptors (Lipinski definition) is 3. The van der Waals surface area contributed by atoms with Crippen molar-refractivity contribution in [3.8, 4) is 17.7 Å². The molecule has 0 N–H and O–H groups in total.